The summed E-state index contributed by atoms with van der Waals surface area (Å²) in [6, 6.07) is 1.62. The zero-order valence-corrected chi connectivity index (χ0v) is 12.4. The van der Waals surface area contributed by atoms with Crippen LogP contribution in [0.15, 0.2) is 23.4 Å². The molecule has 19 heavy (non-hydrogen) atoms. The molecule has 0 aliphatic heterocycles. The van der Waals surface area contributed by atoms with Crippen LogP contribution in [0.5, 0.6) is 0 Å². The highest BCUT2D eigenvalue weighted by molar-refractivity contribution is 7.93. The number of thiophene rings is 1. The Hall–Kier alpha value is -1.38. The standard InChI is InChI=1S/C11H16N4O2S2/c1-3-15-7-9(6-13-15)14-19(16,17)11-4-10(5-12)18-8(11)2/h4,6-7,14H,3,5,12H2,1-2H3. The summed E-state index contributed by atoms with van der Waals surface area (Å²) in [4.78, 5) is 1.86. The van der Waals surface area contributed by atoms with Crippen LogP contribution in [0.4, 0.5) is 5.69 Å². The molecule has 0 aromatic carbocycles. The molecular formula is C11H16N4O2S2. The zero-order valence-electron chi connectivity index (χ0n) is 10.8. The number of hydrogen-bond donors (Lipinski definition) is 2. The number of nitrogens with one attached hydrogen (secondary N) is 1. The first-order valence-corrected chi connectivity index (χ1v) is 8.11. The fraction of sp³-hybridized carbons (Fsp3) is 0.364. The van der Waals surface area contributed by atoms with Gasteiger partial charge in [0.1, 0.15) is 4.90 Å². The van der Waals surface area contributed by atoms with E-state index in [1.165, 1.54) is 17.5 Å². The number of aromatic nitrogens is 2. The molecule has 2 aromatic heterocycles. The zero-order chi connectivity index (χ0) is 14.0. The number of anilines is 1. The molecule has 0 bridgehead atoms. The van der Waals surface area contributed by atoms with Gasteiger partial charge in [-0.2, -0.15) is 5.10 Å². The maximum Gasteiger partial charge on any atom is 0.263 e. The lowest BCUT2D eigenvalue weighted by Crippen LogP contribution is -2.12. The highest BCUT2D eigenvalue weighted by atomic mass is 32.2. The number of hydrogen-bond acceptors (Lipinski definition) is 5. The molecule has 2 heterocycles. The molecule has 0 saturated heterocycles. The number of nitrogens with two attached hydrogens (primary N) is 1. The summed E-state index contributed by atoms with van der Waals surface area (Å²) in [6.07, 6.45) is 3.15. The van der Waals surface area contributed by atoms with Crippen molar-refractivity contribution in [2.75, 3.05) is 4.72 Å². The van der Waals surface area contributed by atoms with Crippen LogP contribution in [-0.2, 0) is 23.1 Å². The van der Waals surface area contributed by atoms with Gasteiger partial charge < -0.3 is 5.73 Å². The third kappa shape index (κ3) is 2.96. The van der Waals surface area contributed by atoms with Gasteiger partial charge in [-0.25, -0.2) is 8.42 Å². The summed E-state index contributed by atoms with van der Waals surface area (Å²) in [5, 5.41) is 4.03. The molecule has 0 spiro atoms. The van der Waals surface area contributed by atoms with Crippen LogP contribution >= 0.6 is 11.3 Å². The Morgan fingerprint density at radius 1 is 1.53 bits per heavy atom. The van der Waals surface area contributed by atoms with Crippen molar-refractivity contribution in [2.45, 2.75) is 31.8 Å². The smallest absolute Gasteiger partial charge is 0.263 e. The summed E-state index contributed by atoms with van der Waals surface area (Å²) >= 11 is 1.40. The largest absolute Gasteiger partial charge is 0.326 e. The second-order valence-electron chi connectivity index (χ2n) is 4.03. The van der Waals surface area contributed by atoms with Gasteiger partial charge in [-0.15, -0.1) is 11.3 Å². The lowest BCUT2D eigenvalue weighted by Gasteiger charge is -2.04. The normalized spacial score (nSPS) is 11.7. The van der Waals surface area contributed by atoms with Gasteiger partial charge in [0, 0.05) is 29.0 Å². The van der Waals surface area contributed by atoms with Gasteiger partial charge in [0.25, 0.3) is 10.0 Å². The van der Waals surface area contributed by atoms with E-state index in [0.717, 1.165) is 9.75 Å². The number of sulfonamides is 1. The van der Waals surface area contributed by atoms with Crippen molar-refractivity contribution in [3.63, 3.8) is 0 Å². The molecule has 6 nitrogen and oxygen atoms in total. The molecular weight excluding hydrogens is 284 g/mol. The van der Waals surface area contributed by atoms with Gasteiger partial charge in [0.15, 0.2) is 0 Å². The van der Waals surface area contributed by atoms with E-state index in [1.54, 1.807) is 23.9 Å². The molecule has 0 aliphatic carbocycles. The molecule has 8 heteroatoms. The van der Waals surface area contributed by atoms with Gasteiger partial charge >= 0.3 is 0 Å². The predicted molar refractivity (Wildman–Crippen MR) is 75.7 cm³/mol. The predicted octanol–water partition coefficient (Wildman–Crippen LogP) is 1.53. The van der Waals surface area contributed by atoms with E-state index in [0.29, 0.717) is 18.8 Å². The van der Waals surface area contributed by atoms with Gasteiger partial charge in [-0.1, -0.05) is 0 Å². The molecule has 0 aliphatic rings. The third-order valence-corrected chi connectivity index (χ3v) is 5.33. The molecule has 0 fully saturated rings. The highest BCUT2D eigenvalue weighted by Crippen LogP contribution is 2.27. The quantitative estimate of drug-likeness (QED) is 0.876. The molecule has 0 radical (unpaired) electrons. The minimum atomic E-state index is -3.58. The van der Waals surface area contributed by atoms with Crippen LogP contribution in [0.3, 0.4) is 0 Å². The van der Waals surface area contributed by atoms with E-state index in [9.17, 15) is 8.42 Å². The van der Waals surface area contributed by atoms with Gasteiger partial charge in [-0.3, -0.25) is 9.40 Å². The SMILES string of the molecule is CCn1cc(NS(=O)(=O)c2cc(CN)sc2C)cn1. The molecule has 2 aromatic rings. The fourth-order valence-corrected chi connectivity index (χ4v) is 4.23. The Bertz CT molecular complexity index is 673. The number of rotatable bonds is 5. The molecule has 0 amide bonds. The second kappa shape index (κ2) is 5.32. The molecule has 0 saturated carbocycles. The van der Waals surface area contributed by atoms with Crippen molar-refractivity contribution in [3.05, 3.63) is 28.2 Å². The first-order chi connectivity index (χ1) is 8.96. The maximum atomic E-state index is 12.3. The van der Waals surface area contributed by atoms with E-state index in [4.69, 9.17) is 5.73 Å². The highest BCUT2D eigenvalue weighted by Gasteiger charge is 2.20. The van der Waals surface area contributed by atoms with Crippen LogP contribution in [0.25, 0.3) is 0 Å². The topological polar surface area (TPSA) is 90.0 Å². The lowest BCUT2D eigenvalue weighted by molar-refractivity contribution is 0.601. The van der Waals surface area contributed by atoms with Crippen molar-refractivity contribution in [2.24, 2.45) is 5.73 Å². The van der Waals surface area contributed by atoms with Gasteiger partial charge in [0.05, 0.1) is 11.9 Å². The Labute approximate surface area is 116 Å². The molecule has 2 rings (SSSR count). The van der Waals surface area contributed by atoms with Crippen LogP contribution < -0.4 is 10.5 Å². The molecule has 3 N–H and O–H groups in total. The number of aryl methyl sites for hydroxylation is 2. The average Bonchev–Trinajstić information content (AvgIpc) is 2.95. The molecule has 0 atom stereocenters. The van der Waals surface area contributed by atoms with Crippen molar-refractivity contribution in [1.82, 2.24) is 9.78 Å². The van der Waals surface area contributed by atoms with Crippen LogP contribution in [-0.4, -0.2) is 18.2 Å². The Balaban J connectivity index is 2.29. The summed E-state index contributed by atoms with van der Waals surface area (Å²) < 4.78 is 28.7. The van der Waals surface area contributed by atoms with Crippen molar-refractivity contribution in [3.8, 4) is 0 Å². The monoisotopic (exact) mass is 300 g/mol. The molecule has 0 unspecified atom stereocenters. The molecule has 104 valence electrons. The van der Waals surface area contributed by atoms with E-state index >= 15 is 0 Å². The van der Waals surface area contributed by atoms with Crippen molar-refractivity contribution >= 4 is 27.0 Å². The van der Waals surface area contributed by atoms with E-state index in [2.05, 4.69) is 9.82 Å². The third-order valence-electron chi connectivity index (χ3n) is 2.62. The fourth-order valence-electron chi connectivity index (χ4n) is 1.69. The first kappa shape index (κ1) is 14.0. The second-order valence-corrected chi connectivity index (χ2v) is 7.02. The van der Waals surface area contributed by atoms with Crippen molar-refractivity contribution < 1.29 is 8.42 Å². The summed E-state index contributed by atoms with van der Waals surface area (Å²) in [5.74, 6) is 0. The summed E-state index contributed by atoms with van der Waals surface area (Å²) in [7, 11) is -3.58. The number of nitrogens with zero attached hydrogens (tertiary/aromatic N) is 2. The summed E-state index contributed by atoms with van der Waals surface area (Å²) in [6.45, 7) is 4.74. The minimum Gasteiger partial charge on any atom is -0.326 e. The Morgan fingerprint density at radius 3 is 2.79 bits per heavy atom. The van der Waals surface area contributed by atoms with Crippen LogP contribution in [0.2, 0.25) is 0 Å². The first-order valence-electron chi connectivity index (χ1n) is 5.81. The Morgan fingerprint density at radius 2 is 2.26 bits per heavy atom. The maximum absolute atomic E-state index is 12.3. The van der Waals surface area contributed by atoms with E-state index in [1.807, 2.05) is 6.92 Å². The van der Waals surface area contributed by atoms with Crippen LogP contribution in [0, 0.1) is 6.92 Å². The summed E-state index contributed by atoms with van der Waals surface area (Å²) in [5.41, 5.74) is 5.99. The van der Waals surface area contributed by atoms with Crippen LogP contribution in [0.1, 0.15) is 16.7 Å². The lowest BCUT2D eigenvalue weighted by atomic mass is 10.4. The van der Waals surface area contributed by atoms with E-state index < -0.39 is 10.0 Å². The minimum absolute atomic E-state index is 0.280. The van der Waals surface area contributed by atoms with Gasteiger partial charge in [0.2, 0.25) is 0 Å². The average molecular weight is 300 g/mol. The Kier molecular flexibility index (Phi) is 3.93. The van der Waals surface area contributed by atoms with E-state index in [-0.39, 0.29) is 4.90 Å². The van der Waals surface area contributed by atoms with Gasteiger partial charge in [-0.05, 0) is 19.9 Å². The van der Waals surface area contributed by atoms with Crippen molar-refractivity contribution in [1.29, 1.82) is 0 Å².